The summed E-state index contributed by atoms with van der Waals surface area (Å²) in [5.41, 5.74) is 1.23. The van der Waals surface area contributed by atoms with E-state index in [-0.39, 0.29) is 5.56 Å². The molecule has 6 heteroatoms. The maximum Gasteiger partial charge on any atom is 0.280 e. The number of nitrogens with zero attached hydrogens (tertiary/aromatic N) is 4. The normalized spacial score (nSPS) is 15.4. The zero-order valence-corrected chi connectivity index (χ0v) is 10.0. The number of hydrogen-bond donors (Lipinski definition) is 0. The fourth-order valence-electron chi connectivity index (χ4n) is 1.97. The number of thioether (sulfide) groups is 1. The van der Waals surface area contributed by atoms with Crippen LogP contribution in [0, 0.1) is 6.92 Å². The van der Waals surface area contributed by atoms with E-state index in [1.807, 2.05) is 18.5 Å². The first kappa shape index (κ1) is 9.89. The van der Waals surface area contributed by atoms with E-state index in [0.717, 1.165) is 29.7 Å². The molecule has 0 fully saturated rings. The molecule has 3 heterocycles. The highest BCUT2D eigenvalue weighted by Gasteiger charge is 2.18. The van der Waals surface area contributed by atoms with Crippen LogP contribution in [-0.2, 0) is 13.6 Å². The van der Waals surface area contributed by atoms with Crippen molar-refractivity contribution in [3.8, 4) is 0 Å². The van der Waals surface area contributed by atoms with Crippen molar-refractivity contribution in [2.24, 2.45) is 7.05 Å². The molecular weight excluding hydrogens is 224 g/mol. The van der Waals surface area contributed by atoms with Gasteiger partial charge in [0.15, 0.2) is 16.3 Å². The summed E-state index contributed by atoms with van der Waals surface area (Å²) in [6.07, 6.45) is 1.03. The van der Waals surface area contributed by atoms with Crippen LogP contribution in [0.15, 0.2) is 9.95 Å². The first-order valence-electron chi connectivity index (χ1n) is 5.25. The average Bonchev–Trinajstić information content (AvgIpc) is 2.55. The highest BCUT2D eigenvalue weighted by molar-refractivity contribution is 7.99. The zero-order valence-electron chi connectivity index (χ0n) is 9.23. The van der Waals surface area contributed by atoms with Gasteiger partial charge in [-0.2, -0.15) is 0 Å². The number of aromatic nitrogens is 4. The van der Waals surface area contributed by atoms with Gasteiger partial charge >= 0.3 is 0 Å². The Morgan fingerprint density at radius 2 is 2.19 bits per heavy atom. The molecule has 0 spiro atoms. The largest absolute Gasteiger partial charge is 0.325 e. The van der Waals surface area contributed by atoms with E-state index < -0.39 is 0 Å². The van der Waals surface area contributed by atoms with Gasteiger partial charge in [0.25, 0.3) is 5.56 Å². The van der Waals surface area contributed by atoms with E-state index in [1.54, 1.807) is 16.3 Å². The Bertz CT molecular complexity index is 628. The van der Waals surface area contributed by atoms with Gasteiger partial charge in [-0.3, -0.25) is 9.36 Å². The lowest BCUT2D eigenvalue weighted by Crippen LogP contribution is -2.27. The Hall–Kier alpha value is -1.30. The number of fused-ring (bicyclic) bond motifs is 2. The van der Waals surface area contributed by atoms with Gasteiger partial charge in [0.1, 0.15) is 5.82 Å². The molecule has 0 N–H and O–H groups in total. The molecule has 0 saturated carbocycles. The molecule has 0 aliphatic carbocycles. The van der Waals surface area contributed by atoms with Crippen LogP contribution in [0.5, 0.6) is 0 Å². The van der Waals surface area contributed by atoms with Crippen LogP contribution in [0.4, 0.5) is 0 Å². The quantitative estimate of drug-likeness (QED) is 0.639. The van der Waals surface area contributed by atoms with Gasteiger partial charge in [0, 0.05) is 19.3 Å². The Kier molecular flexibility index (Phi) is 2.07. The average molecular weight is 236 g/mol. The maximum absolute atomic E-state index is 12.3. The third-order valence-electron chi connectivity index (χ3n) is 2.94. The third-order valence-corrected chi connectivity index (χ3v) is 4.00. The summed E-state index contributed by atoms with van der Waals surface area (Å²) in [5, 5.41) is 0.807. The lowest BCUT2D eigenvalue weighted by molar-refractivity contribution is 0.569. The van der Waals surface area contributed by atoms with Gasteiger partial charge < -0.3 is 4.57 Å². The Labute approximate surface area is 96.5 Å². The third kappa shape index (κ3) is 1.22. The van der Waals surface area contributed by atoms with Crippen molar-refractivity contribution in [2.75, 3.05) is 5.75 Å². The summed E-state index contributed by atoms with van der Waals surface area (Å²) in [4.78, 5) is 21.0. The smallest absolute Gasteiger partial charge is 0.280 e. The minimum absolute atomic E-state index is 0.0373. The second-order valence-electron chi connectivity index (χ2n) is 3.94. The standard InChI is InChI=1S/C10H12N4OS/c1-6-11-8-7(13(6)2)9(15)14-4-3-5-16-10(14)12-8/h3-5H2,1-2H3. The van der Waals surface area contributed by atoms with Crippen LogP contribution in [0.1, 0.15) is 12.2 Å². The van der Waals surface area contributed by atoms with E-state index in [1.165, 1.54) is 0 Å². The Morgan fingerprint density at radius 3 is 3.00 bits per heavy atom. The van der Waals surface area contributed by atoms with Crippen molar-refractivity contribution in [3.63, 3.8) is 0 Å². The summed E-state index contributed by atoms with van der Waals surface area (Å²) in [7, 11) is 1.86. The molecule has 0 saturated heterocycles. The molecule has 1 aliphatic heterocycles. The minimum atomic E-state index is 0.0373. The molecule has 1 aliphatic rings. The molecule has 0 unspecified atom stereocenters. The summed E-state index contributed by atoms with van der Waals surface area (Å²) in [6.45, 7) is 2.66. The van der Waals surface area contributed by atoms with Crippen molar-refractivity contribution in [1.82, 2.24) is 19.1 Å². The molecule has 0 atom stereocenters. The van der Waals surface area contributed by atoms with Crippen molar-refractivity contribution in [1.29, 1.82) is 0 Å². The molecule has 16 heavy (non-hydrogen) atoms. The van der Waals surface area contributed by atoms with Crippen LogP contribution in [-0.4, -0.2) is 24.9 Å². The van der Waals surface area contributed by atoms with Gasteiger partial charge in [0.2, 0.25) is 0 Å². The van der Waals surface area contributed by atoms with E-state index in [9.17, 15) is 4.79 Å². The van der Waals surface area contributed by atoms with Crippen LogP contribution >= 0.6 is 11.8 Å². The zero-order chi connectivity index (χ0) is 11.3. The fraction of sp³-hybridized carbons (Fsp3) is 0.500. The second kappa shape index (κ2) is 3.35. The first-order chi connectivity index (χ1) is 7.68. The van der Waals surface area contributed by atoms with E-state index >= 15 is 0 Å². The molecule has 2 aromatic rings. The van der Waals surface area contributed by atoms with Crippen molar-refractivity contribution in [3.05, 3.63) is 16.2 Å². The summed E-state index contributed by atoms with van der Waals surface area (Å²) >= 11 is 1.64. The molecule has 3 rings (SSSR count). The number of aryl methyl sites for hydroxylation is 2. The minimum Gasteiger partial charge on any atom is -0.325 e. The second-order valence-corrected chi connectivity index (χ2v) is 5.01. The van der Waals surface area contributed by atoms with E-state index in [2.05, 4.69) is 9.97 Å². The maximum atomic E-state index is 12.3. The lowest BCUT2D eigenvalue weighted by atomic mass is 10.4. The monoisotopic (exact) mass is 236 g/mol. The van der Waals surface area contributed by atoms with Crippen LogP contribution in [0.25, 0.3) is 11.2 Å². The fourth-order valence-corrected chi connectivity index (χ4v) is 2.91. The summed E-state index contributed by atoms with van der Waals surface area (Å²) < 4.78 is 3.58. The van der Waals surface area contributed by atoms with Crippen molar-refractivity contribution < 1.29 is 0 Å². The molecule has 2 aromatic heterocycles. The SMILES string of the molecule is Cc1nc2nc3n(c(=O)c2n1C)CCCS3. The van der Waals surface area contributed by atoms with Crippen LogP contribution < -0.4 is 5.56 Å². The molecular formula is C10H12N4OS. The molecule has 84 valence electrons. The summed E-state index contributed by atoms with van der Waals surface area (Å²) in [6, 6.07) is 0. The predicted octanol–water partition coefficient (Wildman–Crippen LogP) is 0.934. The highest BCUT2D eigenvalue weighted by atomic mass is 32.2. The number of rotatable bonds is 0. The van der Waals surface area contributed by atoms with Gasteiger partial charge in [-0.1, -0.05) is 11.8 Å². The van der Waals surface area contributed by atoms with Gasteiger partial charge in [-0.05, 0) is 13.3 Å². The van der Waals surface area contributed by atoms with Gasteiger partial charge in [-0.15, -0.1) is 0 Å². The van der Waals surface area contributed by atoms with Crippen molar-refractivity contribution in [2.45, 2.75) is 25.0 Å². The van der Waals surface area contributed by atoms with Crippen molar-refractivity contribution >= 4 is 22.9 Å². The molecule has 5 nitrogen and oxygen atoms in total. The molecule has 0 radical (unpaired) electrons. The molecule has 0 amide bonds. The first-order valence-corrected chi connectivity index (χ1v) is 6.23. The number of imidazole rings is 1. The summed E-state index contributed by atoms with van der Waals surface area (Å²) in [5.74, 6) is 1.86. The molecule has 0 bridgehead atoms. The lowest BCUT2D eigenvalue weighted by Gasteiger charge is -2.15. The van der Waals surface area contributed by atoms with Gasteiger partial charge in [-0.25, -0.2) is 9.97 Å². The Morgan fingerprint density at radius 1 is 1.38 bits per heavy atom. The van der Waals surface area contributed by atoms with E-state index in [4.69, 9.17) is 0 Å². The topological polar surface area (TPSA) is 52.7 Å². The van der Waals surface area contributed by atoms with Crippen LogP contribution in [0.3, 0.4) is 0 Å². The number of hydrogen-bond acceptors (Lipinski definition) is 4. The Balaban J connectivity index is 2.44. The molecule has 0 aromatic carbocycles. The highest BCUT2D eigenvalue weighted by Crippen LogP contribution is 2.22. The van der Waals surface area contributed by atoms with E-state index in [0.29, 0.717) is 11.2 Å². The predicted molar refractivity (Wildman–Crippen MR) is 62.8 cm³/mol. The van der Waals surface area contributed by atoms with Crippen LogP contribution in [0.2, 0.25) is 0 Å². The van der Waals surface area contributed by atoms with Gasteiger partial charge in [0.05, 0.1) is 0 Å².